The van der Waals surface area contributed by atoms with E-state index in [-0.39, 0.29) is 0 Å². The fraction of sp³-hybridized carbons (Fsp3) is 0.688. The van der Waals surface area contributed by atoms with Gasteiger partial charge in [0.2, 0.25) is 0 Å². The minimum atomic E-state index is 0.494. The summed E-state index contributed by atoms with van der Waals surface area (Å²) >= 11 is 0. The first-order valence-corrected chi connectivity index (χ1v) is 8.18. The van der Waals surface area contributed by atoms with Crippen LogP contribution in [0.15, 0.2) is 0 Å². The molecule has 2 aromatic rings. The van der Waals surface area contributed by atoms with Crippen molar-refractivity contribution in [3.05, 3.63) is 11.5 Å². The highest BCUT2D eigenvalue weighted by atomic mass is 16.5. The molecule has 2 aromatic heterocycles. The molecule has 0 aliphatic carbocycles. The molecule has 6 nitrogen and oxygen atoms in total. The molecular weight excluding hydrogens is 278 g/mol. The zero-order chi connectivity index (χ0) is 15.5. The first-order chi connectivity index (χ1) is 10.6. The van der Waals surface area contributed by atoms with Crippen molar-refractivity contribution in [1.82, 2.24) is 19.7 Å². The van der Waals surface area contributed by atoms with Crippen LogP contribution in [0.25, 0.3) is 11.0 Å². The molecule has 0 amide bonds. The first-order valence-electron chi connectivity index (χ1n) is 8.18. The Morgan fingerprint density at radius 2 is 2.14 bits per heavy atom. The fourth-order valence-corrected chi connectivity index (χ4v) is 3.15. The second-order valence-corrected chi connectivity index (χ2v) is 6.08. The van der Waals surface area contributed by atoms with Crippen LogP contribution < -0.4 is 5.32 Å². The molecule has 1 aliphatic heterocycles. The van der Waals surface area contributed by atoms with Crippen molar-refractivity contribution in [2.45, 2.75) is 52.1 Å². The monoisotopic (exact) mass is 303 g/mol. The number of nitrogens with one attached hydrogen (secondary N) is 1. The van der Waals surface area contributed by atoms with E-state index in [1.165, 1.54) is 25.7 Å². The number of fused-ring (bicyclic) bond motifs is 1. The predicted molar refractivity (Wildman–Crippen MR) is 87.1 cm³/mol. The Kier molecular flexibility index (Phi) is 4.57. The molecule has 3 rings (SSSR count). The average molecular weight is 303 g/mol. The Balaban J connectivity index is 1.59. The van der Waals surface area contributed by atoms with Gasteiger partial charge in [0.1, 0.15) is 11.6 Å². The number of aryl methyl sites for hydroxylation is 3. The van der Waals surface area contributed by atoms with Crippen LogP contribution in [-0.4, -0.2) is 39.0 Å². The van der Waals surface area contributed by atoms with Gasteiger partial charge in [-0.25, -0.2) is 9.97 Å². The first kappa shape index (κ1) is 15.2. The van der Waals surface area contributed by atoms with E-state index in [1.807, 2.05) is 25.6 Å². The summed E-state index contributed by atoms with van der Waals surface area (Å²) in [5, 5.41) is 8.94. The molecule has 3 heterocycles. The van der Waals surface area contributed by atoms with Crippen molar-refractivity contribution in [2.24, 2.45) is 7.05 Å². The lowest BCUT2D eigenvalue weighted by Crippen LogP contribution is -2.08. The smallest absolute Gasteiger partial charge is 0.163 e. The van der Waals surface area contributed by atoms with Gasteiger partial charge in [0.15, 0.2) is 5.65 Å². The SMILES string of the molecule is Cc1nc(NCCCC[C@@H]2CCCO2)c2c(C)nn(C)c2n1. The number of nitrogens with zero attached hydrogens (tertiary/aromatic N) is 4. The lowest BCUT2D eigenvalue weighted by Gasteiger charge is -2.10. The highest BCUT2D eigenvalue weighted by Gasteiger charge is 2.15. The molecule has 0 bridgehead atoms. The van der Waals surface area contributed by atoms with Gasteiger partial charge in [0.05, 0.1) is 17.2 Å². The summed E-state index contributed by atoms with van der Waals surface area (Å²) in [5.74, 6) is 1.68. The molecular formula is C16H25N5O. The van der Waals surface area contributed by atoms with Crippen molar-refractivity contribution < 1.29 is 4.74 Å². The van der Waals surface area contributed by atoms with Gasteiger partial charge in [-0.2, -0.15) is 5.10 Å². The van der Waals surface area contributed by atoms with Gasteiger partial charge in [0.25, 0.3) is 0 Å². The van der Waals surface area contributed by atoms with Crippen LogP contribution in [-0.2, 0) is 11.8 Å². The maximum absolute atomic E-state index is 5.66. The van der Waals surface area contributed by atoms with Gasteiger partial charge < -0.3 is 10.1 Å². The van der Waals surface area contributed by atoms with E-state index in [9.17, 15) is 0 Å². The summed E-state index contributed by atoms with van der Waals surface area (Å²) in [6.07, 6.45) is 6.44. The van der Waals surface area contributed by atoms with Crippen LogP contribution in [0.1, 0.15) is 43.6 Å². The summed E-state index contributed by atoms with van der Waals surface area (Å²) in [6, 6.07) is 0. The van der Waals surface area contributed by atoms with Crippen molar-refractivity contribution in [3.63, 3.8) is 0 Å². The van der Waals surface area contributed by atoms with Gasteiger partial charge in [-0.15, -0.1) is 0 Å². The van der Waals surface area contributed by atoms with Crippen LogP contribution in [0.5, 0.6) is 0 Å². The Bertz CT molecular complexity index is 646. The number of hydrogen-bond acceptors (Lipinski definition) is 5. The van der Waals surface area contributed by atoms with Gasteiger partial charge >= 0.3 is 0 Å². The second kappa shape index (κ2) is 6.60. The van der Waals surface area contributed by atoms with Crippen LogP contribution in [0.4, 0.5) is 5.82 Å². The standard InChI is InChI=1S/C16H25N5O/c1-11-14-15(18-12(2)19-16(14)21(3)20-11)17-9-5-4-7-13-8-6-10-22-13/h13H,4-10H2,1-3H3,(H,17,18,19)/t13-/m1/s1. The molecule has 0 aromatic carbocycles. The third-order valence-corrected chi connectivity index (χ3v) is 4.24. The van der Waals surface area contributed by atoms with E-state index in [0.29, 0.717) is 6.10 Å². The van der Waals surface area contributed by atoms with E-state index in [2.05, 4.69) is 20.4 Å². The Labute approximate surface area is 131 Å². The van der Waals surface area contributed by atoms with Crippen LogP contribution in [0.3, 0.4) is 0 Å². The van der Waals surface area contributed by atoms with E-state index < -0.39 is 0 Å². The van der Waals surface area contributed by atoms with Crippen LogP contribution >= 0.6 is 0 Å². The zero-order valence-electron chi connectivity index (χ0n) is 13.7. The highest BCUT2D eigenvalue weighted by molar-refractivity contribution is 5.89. The van der Waals surface area contributed by atoms with Crippen molar-refractivity contribution in [3.8, 4) is 0 Å². The van der Waals surface area contributed by atoms with Crippen LogP contribution in [0.2, 0.25) is 0 Å². The summed E-state index contributed by atoms with van der Waals surface area (Å²) < 4.78 is 7.48. The highest BCUT2D eigenvalue weighted by Crippen LogP contribution is 2.23. The topological polar surface area (TPSA) is 64.9 Å². The number of unbranched alkanes of at least 4 members (excludes halogenated alkanes) is 1. The molecule has 1 saturated heterocycles. The number of anilines is 1. The van der Waals surface area contributed by atoms with E-state index in [0.717, 1.165) is 47.9 Å². The average Bonchev–Trinajstić information content (AvgIpc) is 3.07. The lowest BCUT2D eigenvalue weighted by molar-refractivity contribution is 0.102. The summed E-state index contributed by atoms with van der Waals surface area (Å²) in [7, 11) is 1.92. The van der Waals surface area contributed by atoms with Crippen molar-refractivity contribution >= 4 is 16.9 Å². The normalized spacial score (nSPS) is 18.2. The minimum Gasteiger partial charge on any atom is -0.378 e. The maximum atomic E-state index is 5.66. The number of aromatic nitrogens is 4. The third kappa shape index (κ3) is 3.21. The molecule has 1 fully saturated rings. The lowest BCUT2D eigenvalue weighted by atomic mass is 10.1. The van der Waals surface area contributed by atoms with Crippen molar-refractivity contribution in [1.29, 1.82) is 0 Å². The molecule has 0 radical (unpaired) electrons. The van der Waals surface area contributed by atoms with E-state index >= 15 is 0 Å². The summed E-state index contributed by atoms with van der Waals surface area (Å²) in [4.78, 5) is 9.04. The molecule has 0 spiro atoms. The molecule has 1 aliphatic rings. The second-order valence-electron chi connectivity index (χ2n) is 6.08. The Morgan fingerprint density at radius 3 is 2.91 bits per heavy atom. The molecule has 120 valence electrons. The molecule has 0 unspecified atom stereocenters. The maximum Gasteiger partial charge on any atom is 0.163 e. The summed E-state index contributed by atoms with van der Waals surface area (Å²) in [5.41, 5.74) is 1.87. The number of rotatable bonds is 6. The Hall–Kier alpha value is -1.69. The van der Waals surface area contributed by atoms with Crippen LogP contribution in [0, 0.1) is 13.8 Å². The quantitative estimate of drug-likeness (QED) is 0.831. The van der Waals surface area contributed by atoms with Gasteiger partial charge in [0, 0.05) is 20.2 Å². The van der Waals surface area contributed by atoms with Gasteiger partial charge in [-0.1, -0.05) is 0 Å². The molecule has 1 atom stereocenters. The zero-order valence-corrected chi connectivity index (χ0v) is 13.7. The van der Waals surface area contributed by atoms with E-state index in [4.69, 9.17) is 4.74 Å². The van der Waals surface area contributed by atoms with Gasteiger partial charge in [-0.05, 0) is 46.0 Å². The molecule has 6 heteroatoms. The fourth-order valence-electron chi connectivity index (χ4n) is 3.15. The third-order valence-electron chi connectivity index (χ3n) is 4.24. The van der Waals surface area contributed by atoms with Gasteiger partial charge in [-0.3, -0.25) is 4.68 Å². The Morgan fingerprint density at radius 1 is 1.27 bits per heavy atom. The molecule has 0 saturated carbocycles. The number of hydrogen-bond donors (Lipinski definition) is 1. The number of ether oxygens (including phenoxy) is 1. The molecule has 22 heavy (non-hydrogen) atoms. The van der Waals surface area contributed by atoms with Crippen molar-refractivity contribution in [2.75, 3.05) is 18.5 Å². The predicted octanol–water partition coefficient (Wildman–Crippen LogP) is 2.74. The minimum absolute atomic E-state index is 0.494. The molecule has 1 N–H and O–H groups in total. The van der Waals surface area contributed by atoms with E-state index in [1.54, 1.807) is 0 Å². The summed E-state index contributed by atoms with van der Waals surface area (Å²) in [6.45, 7) is 5.79. The largest absolute Gasteiger partial charge is 0.378 e.